The number of hydrogen-bond acceptors (Lipinski definition) is 5. The molecule has 1 N–H and O–H groups in total. The number of nitrogens with one attached hydrogen (secondary N) is 1. The molecule has 2 aromatic rings. The van der Waals surface area contributed by atoms with Gasteiger partial charge in [-0.2, -0.15) is 0 Å². The Labute approximate surface area is 176 Å². The Kier molecular flexibility index (Phi) is 6.60. The number of nitrogens with zero attached hydrogens (tertiary/aromatic N) is 3. The zero-order valence-corrected chi connectivity index (χ0v) is 18.2. The number of halogens is 1. The highest BCUT2D eigenvalue weighted by Crippen LogP contribution is 2.26. The molecule has 1 fully saturated rings. The van der Waals surface area contributed by atoms with Gasteiger partial charge in [0.1, 0.15) is 5.75 Å². The van der Waals surface area contributed by atoms with E-state index in [1.807, 2.05) is 11.8 Å². The summed E-state index contributed by atoms with van der Waals surface area (Å²) in [5.41, 5.74) is 0.685. The molecule has 162 valence electrons. The van der Waals surface area contributed by atoms with Crippen molar-refractivity contribution >= 4 is 15.8 Å². The van der Waals surface area contributed by atoms with Crippen LogP contribution in [0.15, 0.2) is 47.7 Å². The van der Waals surface area contributed by atoms with E-state index in [0.717, 1.165) is 0 Å². The lowest BCUT2D eigenvalue weighted by Gasteiger charge is -2.39. The van der Waals surface area contributed by atoms with Gasteiger partial charge in [0.05, 0.1) is 23.2 Å². The summed E-state index contributed by atoms with van der Waals surface area (Å²) in [6.45, 7) is 7.05. The molecule has 0 unspecified atom stereocenters. The second-order valence-corrected chi connectivity index (χ2v) is 10.5. The van der Waals surface area contributed by atoms with Crippen molar-refractivity contribution in [3.63, 3.8) is 0 Å². The van der Waals surface area contributed by atoms with Crippen LogP contribution in [-0.4, -0.2) is 54.4 Å². The molecule has 0 spiro atoms. The van der Waals surface area contributed by atoms with E-state index in [1.54, 1.807) is 44.3 Å². The summed E-state index contributed by atoms with van der Waals surface area (Å²) in [6.07, 6.45) is 3.13. The van der Waals surface area contributed by atoms with Crippen LogP contribution in [0.5, 0.6) is 11.5 Å². The van der Waals surface area contributed by atoms with Gasteiger partial charge in [0, 0.05) is 25.8 Å². The summed E-state index contributed by atoms with van der Waals surface area (Å²) in [6, 6.07) is 8.13. The van der Waals surface area contributed by atoms with Gasteiger partial charge in [0.2, 0.25) is 0 Å². The maximum Gasteiger partial charge on any atom is 0.194 e. The van der Waals surface area contributed by atoms with Gasteiger partial charge in [-0.15, -0.1) is 0 Å². The minimum absolute atomic E-state index is 0.0828. The van der Waals surface area contributed by atoms with E-state index < -0.39 is 20.4 Å². The second kappa shape index (κ2) is 8.99. The second-order valence-electron chi connectivity index (χ2n) is 7.73. The topological polar surface area (TPSA) is 83.9 Å². The van der Waals surface area contributed by atoms with Gasteiger partial charge in [0.25, 0.3) is 0 Å². The van der Waals surface area contributed by atoms with Crippen LogP contribution in [0.25, 0.3) is 0 Å². The fourth-order valence-corrected chi connectivity index (χ4v) is 4.54. The minimum atomic E-state index is -3.14. The van der Waals surface area contributed by atoms with Crippen LogP contribution in [0.4, 0.5) is 4.39 Å². The number of guanidine groups is 1. The quantitative estimate of drug-likeness (QED) is 0.575. The van der Waals surface area contributed by atoms with E-state index in [1.165, 1.54) is 12.3 Å². The smallest absolute Gasteiger partial charge is 0.194 e. The number of ether oxygens (including phenoxy) is 1. The molecule has 0 bridgehead atoms. The third-order valence-corrected chi connectivity index (χ3v) is 7.48. The van der Waals surface area contributed by atoms with Crippen LogP contribution in [0.1, 0.15) is 26.3 Å². The number of hydrogen-bond donors (Lipinski definition) is 1. The van der Waals surface area contributed by atoms with Crippen molar-refractivity contribution in [2.75, 3.05) is 25.4 Å². The van der Waals surface area contributed by atoms with Gasteiger partial charge in [-0.25, -0.2) is 17.8 Å². The maximum atomic E-state index is 14.5. The Hall–Kier alpha value is -2.68. The lowest BCUT2D eigenvalue weighted by atomic mass is 10.2. The molecule has 7 nitrogen and oxygen atoms in total. The Morgan fingerprint density at radius 1 is 1.37 bits per heavy atom. The molecule has 1 aliphatic rings. The molecule has 1 aromatic carbocycles. The van der Waals surface area contributed by atoms with Crippen LogP contribution in [0, 0.1) is 5.82 Å². The molecule has 0 saturated carbocycles. The fraction of sp³-hybridized carbons (Fsp3) is 0.429. The lowest BCUT2D eigenvalue weighted by Crippen LogP contribution is -2.57. The Morgan fingerprint density at radius 2 is 2.17 bits per heavy atom. The molecule has 1 aliphatic heterocycles. The average molecular weight is 435 g/mol. The van der Waals surface area contributed by atoms with Crippen LogP contribution in [0.2, 0.25) is 0 Å². The SMILES string of the molecule is CCNC(=NCc1ccc(Oc2cccnc2)c(F)c1)N1CCS(=O)(=O)C(C)(C)C1. The molecule has 3 rings (SSSR count). The number of rotatable bonds is 5. The average Bonchev–Trinajstić information content (AvgIpc) is 2.70. The maximum absolute atomic E-state index is 14.5. The highest BCUT2D eigenvalue weighted by Gasteiger charge is 2.40. The molecular weight excluding hydrogens is 407 g/mol. The van der Waals surface area contributed by atoms with E-state index >= 15 is 0 Å². The van der Waals surface area contributed by atoms with Gasteiger partial charge in [-0.3, -0.25) is 4.98 Å². The normalized spacial score (nSPS) is 18.1. The third kappa shape index (κ3) is 5.08. The Morgan fingerprint density at radius 3 is 2.80 bits per heavy atom. The molecule has 9 heteroatoms. The number of benzene rings is 1. The first-order valence-electron chi connectivity index (χ1n) is 9.84. The van der Waals surface area contributed by atoms with Crippen LogP contribution in [0.3, 0.4) is 0 Å². The number of pyridine rings is 1. The molecule has 0 aliphatic carbocycles. The standard InChI is InChI=1S/C21H27FN4O3S/c1-4-24-20(26-10-11-30(27,28)21(2,3)15-26)25-13-16-7-8-19(18(22)12-16)29-17-6-5-9-23-14-17/h5-9,12,14H,4,10-11,13,15H2,1-3H3,(H,24,25). The van der Waals surface area contributed by atoms with Gasteiger partial charge in [-0.05, 0) is 50.6 Å². The van der Waals surface area contributed by atoms with Crippen molar-refractivity contribution in [1.82, 2.24) is 15.2 Å². The zero-order valence-electron chi connectivity index (χ0n) is 17.4. The summed E-state index contributed by atoms with van der Waals surface area (Å²) in [4.78, 5) is 10.5. The first kappa shape index (κ1) is 22.0. The van der Waals surface area contributed by atoms with Crippen molar-refractivity contribution < 1.29 is 17.5 Å². The zero-order chi connectivity index (χ0) is 21.8. The van der Waals surface area contributed by atoms with Crippen LogP contribution < -0.4 is 10.1 Å². The fourth-order valence-electron chi connectivity index (χ4n) is 3.18. The Bertz CT molecular complexity index is 1010. The first-order chi connectivity index (χ1) is 14.2. The van der Waals surface area contributed by atoms with Crippen LogP contribution in [-0.2, 0) is 16.4 Å². The van der Waals surface area contributed by atoms with Gasteiger partial charge in [-0.1, -0.05) is 6.07 Å². The third-order valence-electron chi connectivity index (χ3n) is 4.95. The number of aromatic nitrogens is 1. The van der Waals surface area contributed by atoms with Crippen molar-refractivity contribution in [2.45, 2.75) is 32.1 Å². The molecular formula is C21H27FN4O3S. The summed E-state index contributed by atoms with van der Waals surface area (Å²) in [7, 11) is -3.14. The summed E-state index contributed by atoms with van der Waals surface area (Å²) in [5, 5.41) is 3.20. The van der Waals surface area contributed by atoms with E-state index in [-0.39, 0.29) is 18.0 Å². The first-order valence-corrected chi connectivity index (χ1v) is 11.5. The van der Waals surface area contributed by atoms with E-state index in [2.05, 4.69) is 15.3 Å². The van der Waals surface area contributed by atoms with E-state index in [9.17, 15) is 12.8 Å². The molecule has 0 radical (unpaired) electrons. The van der Waals surface area contributed by atoms with E-state index in [0.29, 0.717) is 36.9 Å². The number of aliphatic imine (C=N–C) groups is 1. The highest BCUT2D eigenvalue weighted by molar-refractivity contribution is 7.92. The highest BCUT2D eigenvalue weighted by atomic mass is 32.2. The Balaban J connectivity index is 1.73. The lowest BCUT2D eigenvalue weighted by molar-refractivity contribution is 0.353. The van der Waals surface area contributed by atoms with Crippen molar-refractivity contribution in [3.8, 4) is 11.5 Å². The molecule has 2 heterocycles. The largest absolute Gasteiger partial charge is 0.453 e. The van der Waals surface area contributed by atoms with Crippen molar-refractivity contribution in [2.24, 2.45) is 4.99 Å². The monoisotopic (exact) mass is 434 g/mol. The van der Waals surface area contributed by atoms with Crippen molar-refractivity contribution in [1.29, 1.82) is 0 Å². The molecule has 30 heavy (non-hydrogen) atoms. The van der Waals surface area contributed by atoms with Gasteiger partial charge >= 0.3 is 0 Å². The molecule has 1 aromatic heterocycles. The summed E-state index contributed by atoms with van der Waals surface area (Å²) < 4.78 is 43.7. The predicted molar refractivity (Wildman–Crippen MR) is 115 cm³/mol. The minimum Gasteiger partial charge on any atom is -0.453 e. The summed E-state index contributed by atoms with van der Waals surface area (Å²) >= 11 is 0. The molecule has 0 amide bonds. The predicted octanol–water partition coefficient (Wildman–Crippen LogP) is 2.99. The van der Waals surface area contributed by atoms with Gasteiger partial charge in [0.15, 0.2) is 27.4 Å². The number of sulfone groups is 1. The van der Waals surface area contributed by atoms with Gasteiger partial charge < -0.3 is 15.0 Å². The van der Waals surface area contributed by atoms with Crippen molar-refractivity contribution in [3.05, 3.63) is 54.1 Å². The summed E-state index contributed by atoms with van der Waals surface area (Å²) in [5.74, 6) is 0.794. The molecule has 1 saturated heterocycles. The van der Waals surface area contributed by atoms with Crippen LogP contribution >= 0.6 is 0 Å². The van der Waals surface area contributed by atoms with E-state index in [4.69, 9.17) is 4.74 Å². The molecule has 0 atom stereocenters.